The number of rotatable bonds is 2. The van der Waals surface area contributed by atoms with E-state index in [1.807, 2.05) is 6.07 Å². The second-order valence-electron chi connectivity index (χ2n) is 2.26. The lowest BCUT2D eigenvalue weighted by Crippen LogP contribution is -2.00. The van der Waals surface area contributed by atoms with Crippen LogP contribution in [-0.2, 0) is 0 Å². The first kappa shape index (κ1) is 9.68. The molecule has 13 heavy (non-hydrogen) atoms. The second kappa shape index (κ2) is 4.01. The van der Waals surface area contributed by atoms with Crippen LogP contribution in [-0.4, -0.2) is 18.2 Å². The minimum atomic E-state index is 0.321. The van der Waals surface area contributed by atoms with Crippen LogP contribution in [0.15, 0.2) is 10.5 Å². The monoisotopic (exact) mass is 238 g/mol. The number of nitrogens with zero attached hydrogens (tertiary/aromatic N) is 2. The molecule has 0 bridgehead atoms. The molecule has 0 saturated heterocycles. The lowest BCUT2D eigenvalue weighted by atomic mass is 10.2. The van der Waals surface area contributed by atoms with Gasteiger partial charge in [-0.3, -0.25) is 0 Å². The fourth-order valence-electron chi connectivity index (χ4n) is 0.909. The highest BCUT2D eigenvalue weighted by molar-refractivity contribution is 9.10. The molecule has 1 aromatic heterocycles. The van der Waals surface area contributed by atoms with Crippen molar-refractivity contribution >= 4 is 28.0 Å². The maximum atomic E-state index is 8.63. The molecule has 2 N–H and O–H groups in total. The van der Waals surface area contributed by atoms with E-state index in [1.165, 1.54) is 6.21 Å². The van der Waals surface area contributed by atoms with Crippen LogP contribution in [0.5, 0.6) is 0 Å². The number of hydrogen-bond acceptors (Lipinski definition) is 4. The van der Waals surface area contributed by atoms with E-state index in [0.717, 1.165) is 0 Å². The normalized spacial score (nSPS) is 9.00. The van der Waals surface area contributed by atoms with Gasteiger partial charge in [0.05, 0.1) is 0 Å². The van der Waals surface area contributed by atoms with Gasteiger partial charge < -0.3 is 10.7 Å². The van der Waals surface area contributed by atoms with E-state index in [4.69, 9.17) is 10.7 Å². The summed E-state index contributed by atoms with van der Waals surface area (Å²) in [4.78, 5) is 3.99. The average Bonchev–Trinajstić information content (AvgIpc) is 2.16. The molecular formula is C8H7BrN4. The van der Waals surface area contributed by atoms with Crippen LogP contribution in [0.25, 0.3) is 0 Å². The van der Waals surface area contributed by atoms with Gasteiger partial charge in [-0.2, -0.15) is 5.26 Å². The van der Waals surface area contributed by atoms with Crippen molar-refractivity contribution in [3.63, 3.8) is 0 Å². The summed E-state index contributed by atoms with van der Waals surface area (Å²) in [5, 5.41) is 18.6. The van der Waals surface area contributed by atoms with Crippen molar-refractivity contribution in [3.8, 4) is 6.07 Å². The Balaban J connectivity index is 3.39. The molecule has 0 aliphatic heterocycles. The van der Waals surface area contributed by atoms with Crippen LogP contribution >= 0.6 is 15.9 Å². The van der Waals surface area contributed by atoms with Crippen molar-refractivity contribution in [2.24, 2.45) is 0 Å². The highest BCUT2D eigenvalue weighted by Crippen LogP contribution is 2.21. The highest BCUT2D eigenvalue weighted by Gasteiger charge is 2.06. The average molecular weight is 239 g/mol. The zero-order chi connectivity index (χ0) is 9.84. The first-order valence-corrected chi connectivity index (χ1v) is 4.31. The third kappa shape index (κ3) is 1.84. The van der Waals surface area contributed by atoms with Gasteiger partial charge in [-0.15, -0.1) is 0 Å². The van der Waals surface area contributed by atoms with Gasteiger partial charge >= 0.3 is 0 Å². The number of nitrogens with one attached hydrogen (secondary N) is 2. The molecule has 1 rings (SSSR count). The van der Waals surface area contributed by atoms with Gasteiger partial charge in [0.1, 0.15) is 17.6 Å². The molecule has 0 radical (unpaired) electrons. The van der Waals surface area contributed by atoms with Crippen LogP contribution < -0.4 is 5.32 Å². The van der Waals surface area contributed by atoms with Gasteiger partial charge in [-0.25, -0.2) is 4.98 Å². The minimum Gasteiger partial charge on any atom is -0.373 e. The smallest absolute Gasteiger partial charge is 0.144 e. The van der Waals surface area contributed by atoms with E-state index in [2.05, 4.69) is 26.2 Å². The van der Waals surface area contributed by atoms with Gasteiger partial charge in [-0.1, -0.05) is 0 Å². The molecule has 5 heteroatoms. The topological polar surface area (TPSA) is 72.6 Å². The Hall–Kier alpha value is -1.41. The lowest BCUT2D eigenvalue weighted by Gasteiger charge is -2.05. The molecule has 0 aliphatic rings. The van der Waals surface area contributed by atoms with E-state index in [-0.39, 0.29) is 0 Å². The molecule has 1 aromatic rings. The van der Waals surface area contributed by atoms with Crippen molar-refractivity contribution in [1.29, 1.82) is 10.7 Å². The second-order valence-corrected chi connectivity index (χ2v) is 3.11. The predicted molar refractivity (Wildman–Crippen MR) is 54.1 cm³/mol. The standard InChI is InChI=1S/C8H7BrN4/c1-12-8-6(4-11)7(9)2-5(3-10)13-8/h2,4,11H,1H3,(H,12,13). The molecule has 0 unspecified atom stereocenters. The molecule has 0 amide bonds. The van der Waals surface area contributed by atoms with Crippen molar-refractivity contribution in [1.82, 2.24) is 4.98 Å². The van der Waals surface area contributed by atoms with Gasteiger partial charge in [0.2, 0.25) is 0 Å². The molecule has 0 atom stereocenters. The van der Waals surface area contributed by atoms with Crippen LogP contribution in [0, 0.1) is 16.7 Å². The Labute approximate surface area is 84.2 Å². The molecule has 0 spiro atoms. The number of pyridine rings is 1. The van der Waals surface area contributed by atoms with E-state index in [1.54, 1.807) is 13.1 Å². The molecule has 66 valence electrons. The Kier molecular flexibility index (Phi) is 2.98. The van der Waals surface area contributed by atoms with Crippen molar-refractivity contribution in [2.45, 2.75) is 0 Å². The van der Waals surface area contributed by atoms with Gasteiger partial charge in [0.15, 0.2) is 0 Å². The van der Waals surface area contributed by atoms with E-state index in [0.29, 0.717) is 21.5 Å². The summed E-state index contributed by atoms with van der Waals surface area (Å²) >= 11 is 3.26. The van der Waals surface area contributed by atoms with E-state index >= 15 is 0 Å². The molecule has 0 aromatic carbocycles. The summed E-state index contributed by atoms with van der Waals surface area (Å²) < 4.78 is 0.693. The van der Waals surface area contributed by atoms with Crippen molar-refractivity contribution in [3.05, 3.63) is 21.8 Å². The van der Waals surface area contributed by atoms with Gasteiger partial charge in [0.25, 0.3) is 0 Å². The number of halogens is 1. The number of anilines is 1. The number of hydrogen-bond donors (Lipinski definition) is 2. The summed E-state index contributed by atoms with van der Waals surface area (Å²) in [5.41, 5.74) is 0.961. The summed E-state index contributed by atoms with van der Waals surface area (Å²) in [6.45, 7) is 0. The maximum Gasteiger partial charge on any atom is 0.144 e. The van der Waals surface area contributed by atoms with Crippen LogP contribution in [0.4, 0.5) is 5.82 Å². The largest absolute Gasteiger partial charge is 0.373 e. The highest BCUT2D eigenvalue weighted by atomic mass is 79.9. The molecule has 0 fully saturated rings. The Bertz CT molecular complexity index is 380. The Morgan fingerprint density at radius 3 is 2.92 bits per heavy atom. The summed E-state index contributed by atoms with van der Waals surface area (Å²) in [6.07, 6.45) is 1.18. The van der Waals surface area contributed by atoms with Crippen molar-refractivity contribution in [2.75, 3.05) is 12.4 Å². The zero-order valence-corrected chi connectivity index (χ0v) is 8.51. The third-order valence-corrected chi connectivity index (χ3v) is 2.16. The minimum absolute atomic E-state index is 0.321. The molecular weight excluding hydrogens is 232 g/mol. The van der Waals surface area contributed by atoms with E-state index in [9.17, 15) is 0 Å². The molecule has 0 saturated carbocycles. The fraction of sp³-hybridized carbons (Fsp3) is 0.125. The zero-order valence-electron chi connectivity index (χ0n) is 6.93. The summed E-state index contributed by atoms with van der Waals surface area (Å²) in [7, 11) is 1.70. The van der Waals surface area contributed by atoms with Crippen LogP contribution in [0.1, 0.15) is 11.3 Å². The lowest BCUT2D eigenvalue weighted by molar-refractivity contribution is 1.22. The van der Waals surface area contributed by atoms with Gasteiger partial charge in [-0.05, 0) is 22.0 Å². The van der Waals surface area contributed by atoms with Crippen LogP contribution in [0.2, 0.25) is 0 Å². The van der Waals surface area contributed by atoms with Gasteiger partial charge in [0, 0.05) is 23.3 Å². The molecule has 0 aliphatic carbocycles. The first-order valence-electron chi connectivity index (χ1n) is 3.51. The quantitative estimate of drug-likeness (QED) is 0.772. The predicted octanol–water partition coefficient (Wildman–Crippen LogP) is 1.76. The fourth-order valence-corrected chi connectivity index (χ4v) is 1.43. The number of aromatic nitrogens is 1. The van der Waals surface area contributed by atoms with Crippen LogP contribution in [0.3, 0.4) is 0 Å². The Morgan fingerprint density at radius 2 is 2.46 bits per heavy atom. The number of nitriles is 1. The summed E-state index contributed by atoms with van der Waals surface area (Å²) in [6, 6.07) is 3.52. The van der Waals surface area contributed by atoms with E-state index < -0.39 is 0 Å². The Morgan fingerprint density at radius 1 is 1.77 bits per heavy atom. The first-order chi connectivity index (χ1) is 6.22. The SMILES string of the molecule is CNc1nc(C#N)cc(Br)c1C=N. The summed E-state index contributed by atoms with van der Waals surface area (Å²) in [5.74, 6) is 0.529. The maximum absolute atomic E-state index is 8.63. The third-order valence-electron chi connectivity index (χ3n) is 1.50. The molecule has 1 heterocycles. The van der Waals surface area contributed by atoms with Crippen molar-refractivity contribution < 1.29 is 0 Å². The molecule has 4 nitrogen and oxygen atoms in total.